The first-order chi connectivity index (χ1) is 10.4. The molecule has 0 aromatic rings. The summed E-state index contributed by atoms with van der Waals surface area (Å²) in [5.41, 5.74) is 0. The minimum atomic E-state index is -4.86. The molecule has 1 aliphatic carbocycles. The average molecular weight is 320 g/mol. The second kappa shape index (κ2) is 7.33. The molecule has 2 fully saturated rings. The molecule has 22 heavy (non-hydrogen) atoms. The maximum Gasteiger partial charge on any atom is 0.471 e. The van der Waals surface area contributed by atoms with E-state index in [4.69, 9.17) is 0 Å². The van der Waals surface area contributed by atoms with Crippen LogP contribution >= 0.6 is 0 Å². The van der Waals surface area contributed by atoms with Crippen molar-refractivity contribution in [2.45, 2.75) is 63.6 Å². The summed E-state index contributed by atoms with van der Waals surface area (Å²) < 4.78 is 37.5. The highest BCUT2D eigenvalue weighted by atomic mass is 19.4. The maximum atomic E-state index is 12.5. The lowest BCUT2D eigenvalue weighted by Crippen LogP contribution is -2.50. The molecule has 1 unspecified atom stereocenters. The minimum absolute atomic E-state index is 0.0750. The molecule has 0 bridgehead atoms. The zero-order chi connectivity index (χ0) is 16.2. The molecule has 1 aliphatic heterocycles. The SMILES string of the molecule is O=C(NC1CCCCCC1)C1CCCN(C(=O)C(F)(F)F)C1. The largest absolute Gasteiger partial charge is 0.471 e. The summed E-state index contributed by atoms with van der Waals surface area (Å²) in [7, 11) is 0. The Hall–Kier alpha value is -1.27. The molecule has 0 radical (unpaired) electrons. The Morgan fingerprint density at radius 2 is 1.59 bits per heavy atom. The molecule has 1 saturated heterocycles. The van der Waals surface area contributed by atoms with Crippen LogP contribution in [0.5, 0.6) is 0 Å². The summed E-state index contributed by atoms with van der Waals surface area (Å²) in [6.45, 7) is -0.0531. The lowest BCUT2D eigenvalue weighted by Gasteiger charge is -2.33. The van der Waals surface area contributed by atoms with E-state index in [1.165, 1.54) is 12.8 Å². The minimum Gasteiger partial charge on any atom is -0.353 e. The number of alkyl halides is 3. The first-order valence-electron chi connectivity index (χ1n) is 8.04. The van der Waals surface area contributed by atoms with Gasteiger partial charge < -0.3 is 10.2 Å². The number of hydrogen-bond donors (Lipinski definition) is 1. The number of piperidine rings is 1. The fourth-order valence-electron chi connectivity index (χ4n) is 3.30. The van der Waals surface area contributed by atoms with Crippen molar-refractivity contribution in [3.8, 4) is 0 Å². The molecule has 0 aromatic heterocycles. The third-order valence-electron chi connectivity index (χ3n) is 4.52. The van der Waals surface area contributed by atoms with Crippen molar-refractivity contribution in [2.75, 3.05) is 13.1 Å². The number of halogens is 3. The number of nitrogens with one attached hydrogen (secondary N) is 1. The molecule has 2 amide bonds. The van der Waals surface area contributed by atoms with Gasteiger partial charge in [0.1, 0.15) is 0 Å². The van der Waals surface area contributed by atoms with Crippen LogP contribution in [-0.4, -0.2) is 42.0 Å². The van der Waals surface area contributed by atoms with E-state index in [0.29, 0.717) is 12.8 Å². The number of hydrogen-bond acceptors (Lipinski definition) is 2. The summed E-state index contributed by atoms with van der Waals surface area (Å²) >= 11 is 0. The van der Waals surface area contributed by atoms with E-state index in [9.17, 15) is 22.8 Å². The van der Waals surface area contributed by atoms with Crippen molar-refractivity contribution in [3.63, 3.8) is 0 Å². The van der Waals surface area contributed by atoms with Gasteiger partial charge in [-0.2, -0.15) is 13.2 Å². The predicted octanol–water partition coefficient (Wildman–Crippen LogP) is 2.63. The van der Waals surface area contributed by atoms with Gasteiger partial charge in [0, 0.05) is 19.1 Å². The Balaban J connectivity index is 1.88. The first kappa shape index (κ1) is 17.1. The highest BCUT2D eigenvalue weighted by molar-refractivity contribution is 5.84. The molecular weight excluding hydrogens is 297 g/mol. The monoisotopic (exact) mass is 320 g/mol. The molecule has 0 spiro atoms. The number of carbonyl (C=O) groups excluding carboxylic acids is 2. The van der Waals surface area contributed by atoms with Crippen molar-refractivity contribution in [1.29, 1.82) is 0 Å². The summed E-state index contributed by atoms with van der Waals surface area (Å²) in [6.07, 6.45) is 2.48. The van der Waals surface area contributed by atoms with E-state index in [1.807, 2.05) is 0 Å². The van der Waals surface area contributed by atoms with Crippen LogP contribution in [0, 0.1) is 5.92 Å². The molecule has 1 atom stereocenters. The Morgan fingerprint density at radius 1 is 0.955 bits per heavy atom. The van der Waals surface area contributed by atoms with E-state index < -0.39 is 18.0 Å². The highest BCUT2D eigenvalue weighted by Crippen LogP contribution is 2.24. The van der Waals surface area contributed by atoms with Crippen LogP contribution < -0.4 is 5.32 Å². The van der Waals surface area contributed by atoms with Crippen LogP contribution in [0.15, 0.2) is 0 Å². The van der Waals surface area contributed by atoms with Crippen LogP contribution in [0.25, 0.3) is 0 Å². The molecule has 4 nitrogen and oxygen atoms in total. The second-order valence-corrected chi connectivity index (χ2v) is 6.29. The van der Waals surface area contributed by atoms with E-state index in [2.05, 4.69) is 5.32 Å². The van der Waals surface area contributed by atoms with Gasteiger partial charge in [0.15, 0.2) is 0 Å². The third kappa shape index (κ3) is 4.61. The van der Waals surface area contributed by atoms with E-state index in [0.717, 1.165) is 30.6 Å². The normalized spacial score (nSPS) is 24.7. The van der Waals surface area contributed by atoms with Crippen LogP contribution in [0.4, 0.5) is 13.2 Å². The molecule has 2 rings (SSSR count). The maximum absolute atomic E-state index is 12.5. The average Bonchev–Trinajstić information content (AvgIpc) is 2.74. The number of nitrogens with zero attached hydrogens (tertiary/aromatic N) is 1. The van der Waals surface area contributed by atoms with Gasteiger partial charge in [-0.3, -0.25) is 9.59 Å². The zero-order valence-corrected chi connectivity index (χ0v) is 12.6. The van der Waals surface area contributed by atoms with Gasteiger partial charge in [-0.25, -0.2) is 0 Å². The fourth-order valence-corrected chi connectivity index (χ4v) is 3.30. The fraction of sp³-hybridized carbons (Fsp3) is 0.867. The summed E-state index contributed by atoms with van der Waals surface area (Å²) in [5.74, 6) is -2.56. The summed E-state index contributed by atoms with van der Waals surface area (Å²) in [4.78, 5) is 24.3. The number of likely N-dealkylation sites (tertiary alicyclic amines) is 1. The van der Waals surface area contributed by atoms with Gasteiger partial charge in [0.05, 0.1) is 5.92 Å². The summed E-state index contributed by atoms with van der Waals surface area (Å²) in [6, 6.07) is 0.128. The van der Waals surface area contributed by atoms with Crippen molar-refractivity contribution in [3.05, 3.63) is 0 Å². The second-order valence-electron chi connectivity index (χ2n) is 6.29. The smallest absolute Gasteiger partial charge is 0.353 e. The van der Waals surface area contributed by atoms with Crippen molar-refractivity contribution >= 4 is 11.8 Å². The Bertz CT molecular complexity index is 404. The van der Waals surface area contributed by atoms with Crippen molar-refractivity contribution in [1.82, 2.24) is 10.2 Å². The molecule has 126 valence electrons. The molecule has 1 saturated carbocycles. The molecule has 0 aromatic carbocycles. The van der Waals surface area contributed by atoms with Gasteiger partial charge in [-0.15, -0.1) is 0 Å². The van der Waals surface area contributed by atoms with Crippen LogP contribution in [0.3, 0.4) is 0 Å². The van der Waals surface area contributed by atoms with Crippen LogP contribution in [0.2, 0.25) is 0 Å². The lowest BCUT2D eigenvalue weighted by atomic mass is 9.96. The standard InChI is InChI=1S/C15H23F3N2O2/c16-15(17,18)14(22)20-9-5-6-11(10-20)13(21)19-12-7-3-1-2-4-8-12/h11-12H,1-10H2,(H,19,21). The van der Waals surface area contributed by atoms with Crippen molar-refractivity contribution in [2.24, 2.45) is 5.92 Å². The topological polar surface area (TPSA) is 49.4 Å². The highest BCUT2D eigenvalue weighted by Gasteiger charge is 2.44. The van der Waals surface area contributed by atoms with Gasteiger partial charge in [0.25, 0.3) is 0 Å². The van der Waals surface area contributed by atoms with Crippen LogP contribution in [-0.2, 0) is 9.59 Å². The summed E-state index contributed by atoms with van der Waals surface area (Å²) in [5, 5.41) is 2.97. The van der Waals surface area contributed by atoms with Crippen molar-refractivity contribution < 1.29 is 22.8 Å². The van der Waals surface area contributed by atoms with E-state index >= 15 is 0 Å². The van der Waals surface area contributed by atoms with Gasteiger partial charge in [-0.1, -0.05) is 25.7 Å². The number of carbonyl (C=O) groups is 2. The Kier molecular flexibility index (Phi) is 5.69. The number of rotatable bonds is 2. The molecule has 2 aliphatic rings. The Labute approximate surface area is 128 Å². The predicted molar refractivity (Wildman–Crippen MR) is 75.0 cm³/mol. The lowest BCUT2D eigenvalue weighted by molar-refractivity contribution is -0.187. The van der Waals surface area contributed by atoms with E-state index in [-0.39, 0.29) is 25.0 Å². The van der Waals surface area contributed by atoms with Gasteiger partial charge in [0.2, 0.25) is 5.91 Å². The molecule has 1 N–H and O–H groups in total. The third-order valence-corrected chi connectivity index (χ3v) is 4.52. The quantitative estimate of drug-likeness (QED) is 0.795. The molecule has 1 heterocycles. The first-order valence-corrected chi connectivity index (χ1v) is 8.04. The van der Waals surface area contributed by atoms with Gasteiger partial charge >= 0.3 is 12.1 Å². The zero-order valence-electron chi connectivity index (χ0n) is 12.6. The van der Waals surface area contributed by atoms with Gasteiger partial charge in [-0.05, 0) is 25.7 Å². The number of amides is 2. The molecular formula is C15H23F3N2O2. The Morgan fingerprint density at radius 3 is 2.18 bits per heavy atom. The van der Waals surface area contributed by atoms with E-state index in [1.54, 1.807) is 0 Å². The molecule has 7 heteroatoms. The van der Waals surface area contributed by atoms with Crippen LogP contribution in [0.1, 0.15) is 51.4 Å².